The second-order valence-corrected chi connectivity index (χ2v) is 2.93. The third kappa shape index (κ3) is 2.08. The van der Waals surface area contributed by atoms with Gasteiger partial charge in [0.25, 0.3) is 0 Å². The maximum absolute atomic E-state index is 8.54. The predicted molar refractivity (Wildman–Crippen MR) is 53.2 cm³/mol. The first-order valence-electron chi connectivity index (χ1n) is 4.26. The van der Waals surface area contributed by atoms with E-state index in [4.69, 9.17) is 5.26 Å². The van der Waals surface area contributed by atoms with Crippen molar-refractivity contribution in [2.45, 2.75) is 0 Å². The standard InChI is InChI=1S/C9H8N6/c1-15-6-8(4-13-15)14-9-5-11-7(2-10)3-12-9/h3-6H,1H3,(H,12,14). The van der Waals surface area contributed by atoms with Crippen LogP contribution in [0.5, 0.6) is 0 Å². The van der Waals surface area contributed by atoms with Crippen LogP contribution in [0, 0.1) is 11.3 Å². The van der Waals surface area contributed by atoms with Crippen molar-refractivity contribution < 1.29 is 0 Å². The minimum atomic E-state index is 0.298. The van der Waals surface area contributed by atoms with Crippen LogP contribution in [0.15, 0.2) is 24.8 Å². The Balaban J connectivity index is 2.15. The average molecular weight is 200 g/mol. The van der Waals surface area contributed by atoms with Crippen LogP contribution >= 0.6 is 0 Å². The highest BCUT2D eigenvalue weighted by atomic mass is 15.3. The molecule has 1 N–H and O–H groups in total. The van der Waals surface area contributed by atoms with Gasteiger partial charge in [0.2, 0.25) is 0 Å². The first-order chi connectivity index (χ1) is 7.28. The molecule has 0 aliphatic heterocycles. The molecule has 0 saturated carbocycles. The number of nitrogens with one attached hydrogen (secondary N) is 1. The highest BCUT2D eigenvalue weighted by Crippen LogP contribution is 2.11. The van der Waals surface area contributed by atoms with Gasteiger partial charge in [0.15, 0.2) is 5.69 Å². The van der Waals surface area contributed by atoms with Gasteiger partial charge in [-0.2, -0.15) is 10.4 Å². The molecule has 0 aliphatic carbocycles. The zero-order valence-corrected chi connectivity index (χ0v) is 8.05. The molecule has 6 heteroatoms. The lowest BCUT2D eigenvalue weighted by Crippen LogP contribution is -1.94. The summed E-state index contributed by atoms with van der Waals surface area (Å²) in [4.78, 5) is 7.91. The van der Waals surface area contributed by atoms with Crippen LogP contribution in [0.1, 0.15) is 5.69 Å². The van der Waals surface area contributed by atoms with Gasteiger partial charge in [0.05, 0.1) is 24.3 Å². The summed E-state index contributed by atoms with van der Waals surface area (Å²) in [6, 6.07) is 1.90. The molecule has 0 bridgehead atoms. The number of nitriles is 1. The zero-order chi connectivity index (χ0) is 10.7. The average Bonchev–Trinajstić information content (AvgIpc) is 2.65. The van der Waals surface area contributed by atoms with Gasteiger partial charge in [-0.05, 0) is 0 Å². The Morgan fingerprint density at radius 2 is 2.20 bits per heavy atom. The van der Waals surface area contributed by atoms with Crippen molar-refractivity contribution in [3.63, 3.8) is 0 Å². The van der Waals surface area contributed by atoms with Crippen LogP contribution in [-0.4, -0.2) is 19.7 Å². The van der Waals surface area contributed by atoms with Crippen LogP contribution in [0.25, 0.3) is 0 Å². The van der Waals surface area contributed by atoms with Gasteiger partial charge in [-0.15, -0.1) is 0 Å². The SMILES string of the molecule is Cn1cc(Nc2cnc(C#N)cn2)cn1. The van der Waals surface area contributed by atoms with Crippen molar-refractivity contribution in [1.29, 1.82) is 5.26 Å². The lowest BCUT2D eigenvalue weighted by atomic mass is 10.5. The molecular formula is C9H8N6. The zero-order valence-electron chi connectivity index (χ0n) is 8.05. The van der Waals surface area contributed by atoms with Gasteiger partial charge in [0.1, 0.15) is 11.9 Å². The molecule has 0 saturated heterocycles. The van der Waals surface area contributed by atoms with E-state index in [0.29, 0.717) is 11.5 Å². The topological polar surface area (TPSA) is 79.4 Å². The van der Waals surface area contributed by atoms with E-state index < -0.39 is 0 Å². The van der Waals surface area contributed by atoms with Gasteiger partial charge >= 0.3 is 0 Å². The van der Waals surface area contributed by atoms with E-state index in [1.165, 1.54) is 12.4 Å². The molecule has 2 heterocycles. The van der Waals surface area contributed by atoms with E-state index >= 15 is 0 Å². The lowest BCUT2D eigenvalue weighted by Gasteiger charge is -2.00. The van der Waals surface area contributed by atoms with Crippen molar-refractivity contribution in [3.8, 4) is 6.07 Å². The molecule has 0 aliphatic rings. The first kappa shape index (κ1) is 9.15. The molecular weight excluding hydrogens is 192 g/mol. The summed E-state index contributed by atoms with van der Waals surface area (Å²) >= 11 is 0. The molecule has 0 radical (unpaired) electrons. The van der Waals surface area contributed by atoms with Crippen LogP contribution in [0.4, 0.5) is 11.5 Å². The normalized spacial score (nSPS) is 9.60. The molecule has 6 nitrogen and oxygen atoms in total. The van der Waals surface area contributed by atoms with Crippen molar-refractivity contribution >= 4 is 11.5 Å². The number of aryl methyl sites for hydroxylation is 1. The second-order valence-electron chi connectivity index (χ2n) is 2.93. The molecule has 74 valence electrons. The van der Waals surface area contributed by atoms with Crippen molar-refractivity contribution in [3.05, 3.63) is 30.5 Å². The molecule has 0 unspecified atom stereocenters. The van der Waals surface area contributed by atoms with E-state index in [0.717, 1.165) is 5.69 Å². The molecule has 0 amide bonds. The highest BCUT2D eigenvalue weighted by molar-refractivity contribution is 5.52. The van der Waals surface area contributed by atoms with Crippen LogP contribution in [-0.2, 0) is 7.05 Å². The predicted octanol–water partition coefficient (Wildman–Crippen LogP) is 0.825. The molecule has 2 rings (SSSR count). The summed E-state index contributed by atoms with van der Waals surface area (Å²) in [6.45, 7) is 0. The number of hydrogen-bond donors (Lipinski definition) is 1. The minimum Gasteiger partial charge on any atom is -0.336 e. The quantitative estimate of drug-likeness (QED) is 0.776. The summed E-state index contributed by atoms with van der Waals surface area (Å²) in [5, 5.41) is 15.5. The third-order valence-electron chi connectivity index (χ3n) is 1.74. The number of hydrogen-bond acceptors (Lipinski definition) is 5. The number of aromatic nitrogens is 4. The van der Waals surface area contributed by atoms with Gasteiger partial charge in [-0.25, -0.2) is 9.97 Å². The Hall–Kier alpha value is -2.42. The Kier molecular flexibility index (Phi) is 2.29. The third-order valence-corrected chi connectivity index (χ3v) is 1.74. The smallest absolute Gasteiger partial charge is 0.158 e. The minimum absolute atomic E-state index is 0.298. The molecule has 2 aromatic rings. The highest BCUT2D eigenvalue weighted by Gasteiger charge is 1.99. The van der Waals surface area contributed by atoms with Crippen molar-refractivity contribution in [1.82, 2.24) is 19.7 Å². The van der Waals surface area contributed by atoms with Crippen molar-refractivity contribution in [2.75, 3.05) is 5.32 Å². The number of nitrogens with zero attached hydrogens (tertiary/aromatic N) is 5. The molecule has 15 heavy (non-hydrogen) atoms. The van der Waals surface area contributed by atoms with E-state index in [-0.39, 0.29) is 0 Å². The molecule has 0 aromatic carbocycles. The maximum atomic E-state index is 8.54. The van der Waals surface area contributed by atoms with E-state index in [9.17, 15) is 0 Å². The Morgan fingerprint density at radius 3 is 2.73 bits per heavy atom. The van der Waals surface area contributed by atoms with Gasteiger partial charge in [-0.3, -0.25) is 4.68 Å². The number of anilines is 2. The molecule has 0 atom stereocenters. The summed E-state index contributed by atoms with van der Waals surface area (Å²) in [5.41, 5.74) is 1.13. The Morgan fingerprint density at radius 1 is 1.33 bits per heavy atom. The fraction of sp³-hybridized carbons (Fsp3) is 0.111. The summed E-state index contributed by atoms with van der Waals surface area (Å²) in [5.74, 6) is 0.585. The van der Waals surface area contributed by atoms with Crippen LogP contribution < -0.4 is 5.32 Å². The fourth-order valence-corrected chi connectivity index (χ4v) is 1.08. The number of rotatable bonds is 2. The fourth-order valence-electron chi connectivity index (χ4n) is 1.08. The van der Waals surface area contributed by atoms with Gasteiger partial charge < -0.3 is 5.32 Å². The first-order valence-corrected chi connectivity index (χ1v) is 4.26. The summed E-state index contributed by atoms with van der Waals surface area (Å²) in [6.07, 6.45) is 6.42. The van der Waals surface area contributed by atoms with E-state index in [1.807, 2.05) is 19.3 Å². The molecule has 2 aromatic heterocycles. The van der Waals surface area contributed by atoms with Crippen LogP contribution in [0.2, 0.25) is 0 Å². The van der Waals surface area contributed by atoms with E-state index in [1.54, 1.807) is 10.9 Å². The van der Waals surface area contributed by atoms with Gasteiger partial charge in [-0.1, -0.05) is 0 Å². The van der Waals surface area contributed by atoms with Gasteiger partial charge in [0, 0.05) is 13.2 Å². The summed E-state index contributed by atoms with van der Waals surface area (Å²) < 4.78 is 1.68. The van der Waals surface area contributed by atoms with Crippen LogP contribution in [0.3, 0.4) is 0 Å². The largest absolute Gasteiger partial charge is 0.336 e. The summed E-state index contributed by atoms with van der Waals surface area (Å²) in [7, 11) is 1.83. The lowest BCUT2D eigenvalue weighted by molar-refractivity contribution is 0.768. The maximum Gasteiger partial charge on any atom is 0.158 e. The molecule has 0 spiro atoms. The second kappa shape index (κ2) is 3.75. The molecule has 0 fully saturated rings. The Labute approximate surface area is 86.2 Å². The van der Waals surface area contributed by atoms with E-state index in [2.05, 4.69) is 20.4 Å². The monoisotopic (exact) mass is 200 g/mol. The Bertz CT molecular complexity index is 492. The van der Waals surface area contributed by atoms with Crippen molar-refractivity contribution in [2.24, 2.45) is 7.05 Å².